The van der Waals surface area contributed by atoms with Crippen molar-refractivity contribution in [2.24, 2.45) is 15.1 Å². The zero-order valence-electron chi connectivity index (χ0n) is 11.9. The highest BCUT2D eigenvalue weighted by Crippen LogP contribution is 2.10. The number of fused-ring (bicyclic) bond motifs is 1. The zero-order chi connectivity index (χ0) is 15.5. The van der Waals surface area contributed by atoms with Crippen LogP contribution < -0.4 is 10.7 Å². The maximum Gasteiger partial charge on any atom is 0.159 e. The predicted octanol–water partition coefficient (Wildman–Crippen LogP) is 2.12. The summed E-state index contributed by atoms with van der Waals surface area (Å²) in [6, 6.07) is 9.29. The maximum atomic E-state index is 13.2. The Morgan fingerprint density at radius 3 is 2.73 bits per heavy atom. The van der Waals surface area contributed by atoms with Gasteiger partial charge in [0.05, 0.1) is 16.4 Å². The second kappa shape index (κ2) is 6.01. The second-order valence-corrected chi connectivity index (χ2v) is 4.86. The minimum atomic E-state index is -0.906. The first-order valence-electron chi connectivity index (χ1n) is 6.73. The van der Waals surface area contributed by atoms with E-state index >= 15 is 0 Å². The van der Waals surface area contributed by atoms with Crippen molar-refractivity contribution in [1.82, 2.24) is 0 Å². The van der Waals surface area contributed by atoms with E-state index in [0.717, 1.165) is 28.4 Å². The number of hydrogen-bond acceptors (Lipinski definition) is 4. The molecule has 1 heterocycles. The molecule has 0 bridgehead atoms. The lowest BCUT2D eigenvalue weighted by molar-refractivity contribution is 0.130. The van der Waals surface area contributed by atoms with Gasteiger partial charge < -0.3 is 4.84 Å². The van der Waals surface area contributed by atoms with Gasteiger partial charge in [-0.15, -0.1) is 0 Å². The Hall–Kier alpha value is -2.63. The summed E-state index contributed by atoms with van der Waals surface area (Å²) >= 11 is 0. The maximum absolute atomic E-state index is 13.2. The van der Waals surface area contributed by atoms with E-state index in [4.69, 9.17) is 4.84 Å². The molecule has 22 heavy (non-hydrogen) atoms. The van der Waals surface area contributed by atoms with Gasteiger partial charge in [-0.05, 0) is 42.8 Å². The normalized spacial score (nSPS) is 13.3. The highest BCUT2D eigenvalue weighted by molar-refractivity contribution is 5.98. The summed E-state index contributed by atoms with van der Waals surface area (Å²) in [5, 5.41) is 5.66. The molecule has 0 saturated heterocycles. The standard InChI is InChI=1S/C16H13F2N3O/c1-10(12-3-4-13(17)14(18)7-12)21-22-8-11-2-5-15-16(6-11)20-9-19-15/h2-7H,8-9H2,1H3/b21-10+. The van der Waals surface area contributed by atoms with Crippen LogP contribution in [0.25, 0.3) is 0 Å². The van der Waals surface area contributed by atoms with Crippen molar-refractivity contribution in [3.63, 3.8) is 0 Å². The molecular weight excluding hydrogens is 288 g/mol. The first-order valence-corrected chi connectivity index (χ1v) is 6.73. The monoisotopic (exact) mass is 301 g/mol. The molecular formula is C16H13F2N3O. The quantitative estimate of drug-likeness (QED) is 0.630. The van der Waals surface area contributed by atoms with Crippen molar-refractivity contribution < 1.29 is 13.6 Å². The number of rotatable bonds is 4. The lowest BCUT2D eigenvalue weighted by atomic mass is 10.1. The third-order valence-electron chi connectivity index (χ3n) is 3.29. The number of halogens is 2. The fraction of sp³-hybridized carbons (Fsp3) is 0.188. The van der Waals surface area contributed by atoms with Crippen LogP contribution in [0.2, 0.25) is 0 Å². The summed E-state index contributed by atoms with van der Waals surface area (Å²) in [6.07, 6.45) is 0. The predicted molar refractivity (Wildman–Crippen MR) is 77.0 cm³/mol. The van der Waals surface area contributed by atoms with Crippen LogP contribution in [0.4, 0.5) is 8.78 Å². The van der Waals surface area contributed by atoms with Crippen LogP contribution in [0, 0.1) is 11.6 Å². The van der Waals surface area contributed by atoms with E-state index in [1.165, 1.54) is 6.07 Å². The molecule has 1 aliphatic rings. The number of hydrogen-bond donors (Lipinski definition) is 0. The topological polar surface area (TPSA) is 46.3 Å². The van der Waals surface area contributed by atoms with Gasteiger partial charge in [0.15, 0.2) is 11.6 Å². The molecule has 0 spiro atoms. The van der Waals surface area contributed by atoms with Crippen LogP contribution in [0.3, 0.4) is 0 Å². The molecule has 1 aliphatic heterocycles. The molecule has 3 rings (SSSR count). The Kier molecular flexibility index (Phi) is 3.91. The zero-order valence-corrected chi connectivity index (χ0v) is 11.9. The average Bonchev–Trinajstić information content (AvgIpc) is 2.97. The molecule has 2 aromatic rings. The van der Waals surface area contributed by atoms with Gasteiger partial charge >= 0.3 is 0 Å². The summed E-state index contributed by atoms with van der Waals surface area (Å²) in [5.74, 6) is -1.79. The lowest BCUT2D eigenvalue weighted by Crippen LogP contribution is -2.21. The van der Waals surface area contributed by atoms with Crippen molar-refractivity contribution in [1.29, 1.82) is 0 Å². The molecule has 0 N–H and O–H groups in total. The molecule has 0 saturated carbocycles. The molecule has 0 aromatic heterocycles. The van der Waals surface area contributed by atoms with E-state index in [-0.39, 0.29) is 6.61 Å². The van der Waals surface area contributed by atoms with Gasteiger partial charge in [0.2, 0.25) is 0 Å². The molecule has 0 atom stereocenters. The van der Waals surface area contributed by atoms with Crippen LogP contribution in [0.5, 0.6) is 0 Å². The van der Waals surface area contributed by atoms with Gasteiger partial charge in [-0.3, -0.25) is 9.98 Å². The average molecular weight is 301 g/mol. The number of oxime groups is 1. The smallest absolute Gasteiger partial charge is 0.159 e. The number of nitrogens with zero attached hydrogens (tertiary/aromatic N) is 3. The van der Waals surface area contributed by atoms with Gasteiger partial charge in [0.25, 0.3) is 0 Å². The van der Waals surface area contributed by atoms with Crippen LogP contribution in [-0.4, -0.2) is 12.4 Å². The minimum Gasteiger partial charge on any atom is -0.391 e. The fourth-order valence-corrected chi connectivity index (χ4v) is 2.08. The Bertz CT molecular complexity index is 862. The summed E-state index contributed by atoms with van der Waals surface area (Å²) < 4.78 is 26.0. The molecule has 2 aromatic carbocycles. The van der Waals surface area contributed by atoms with E-state index < -0.39 is 11.6 Å². The van der Waals surface area contributed by atoms with Crippen molar-refractivity contribution >= 4 is 5.71 Å². The van der Waals surface area contributed by atoms with Crippen LogP contribution >= 0.6 is 0 Å². The first-order chi connectivity index (χ1) is 10.6. The van der Waals surface area contributed by atoms with E-state index in [1.807, 2.05) is 18.2 Å². The lowest BCUT2D eigenvalue weighted by Gasteiger charge is -2.03. The minimum absolute atomic E-state index is 0.268. The summed E-state index contributed by atoms with van der Waals surface area (Å²) in [6.45, 7) is 2.40. The highest BCUT2D eigenvalue weighted by Gasteiger charge is 2.05. The highest BCUT2D eigenvalue weighted by atomic mass is 19.2. The molecule has 0 unspecified atom stereocenters. The first kappa shape index (κ1) is 14.3. The Labute approximate surface area is 125 Å². The van der Waals surface area contributed by atoms with E-state index in [1.54, 1.807) is 6.92 Å². The third-order valence-corrected chi connectivity index (χ3v) is 3.29. The van der Waals surface area contributed by atoms with Gasteiger partial charge in [-0.2, -0.15) is 0 Å². The fourth-order valence-electron chi connectivity index (χ4n) is 2.08. The van der Waals surface area contributed by atoms with Crippen LogP contribution in [0.15, 0.2) is 51.5 Å². The van der Waals surface area contributed by atoms with Crippen molar-refractivity contribution in [3.05, 3.63) is 69.9 Å². The Morgan fingerprint density at radius 2 is 1.91 bits per heavy atom. The number of benzene rings is 2. The molecule has 112 valence electrons. The Morgan fingerprint density at radius 1 is 1.09 bits per heavy atom. The van der Waals surface area contributed by atoms with Crippen LogP contribution in [-0.2, 0) is 11.4 Å². The molecule has 0 amide bonds. The molecule has 4 nitrogen and oxygen atoms in total. The van der Waals surface area contributed by atoms with Crippen molar-refractivity contribution in [2.45, 2.75) is 13.5 Å². The SMILES string of the molecule is C/C(=N\OCc1ccc2c(c1)=NCN=2)c1ccc(F)c(F)c1. The van der Waals surface area contributed by atoms with Crippen molar-refractivity contribution in [2.75, 3.05) is 6.67 Å². The van der Waals surface area contributed by atoms with E-state index in [2.05, 4.69) is 15.1 Å². The van der Waals surface area contributed by atoms with Gasteiger partial charge in [-0.25, -0.2) is 8.78 Å². The van der Waals surface area contributed by atoms with Gasteiger partial charge in [0, 0.05) is 5.56 Å². The second-order valence-electron chi connectivity index (χ2n) is 4.86. The molecule has 6 heteroatoms. The van der Waals surface area contributed by atoms with Crippen LogP contribution in [0.1, 0.15) is 18.1 Å². The van der Waals surface area contributed by atoms with E-state index in [9.17, 15) is 8.78 Å². The van der Waals surface area contributed by atoms with Gasteiger partial charge in [0.1, 0.15) is 13.3 Å². The third kappa shape index (κ3) is 3.00. The van der Waals surface area contributed by atoms with Crippen molar-refractivity contribution in [3.8, 4) is 0 Å². The largest absolute Gasteiger partial charge is 0.391 e. The molecule has 0 radical (unpaired) electrons. The Balaban J connectivity index is 1.69. The summed E-state index contributed by atoms with van der Waals surface area (Å²) in [7, 11) is 0. The summed E-state index contributed by atoms with van der Waals surface area (Å²) in [5.41, 5.74) is 1.86. The summed E-state index contributed by atoms with van der Waals surface area (Å²) in [4.78, 5) is 13.7. The van der Waals surface area contributed by atoms with E-state index in [0.29, 0.717) is 17.9 Å². The van der Waals surface area contributed by atoms with Gasteiger partial charge in [-0.1, -0.05) is 11.2 Å². The molecule has 0 aliphatic carbocycles. The molecule has 0 fully saturated rings.